The van der Waals surface area contributed by atoms with E-state index in [1.165, 1.54) is 13.1 Å². The predicted octanol–water partition coefficient (Wildman–Crippen LogP) is 4.13. The molecular weight excluding hydrogens is 469 g/mol. The molecule has 0 radical (unpaired) electrons. The Labute approximate surface area is 206 Å². The summed E-state index contributed by atoms with van der Waals surface area (Å²) >= 11 is 5.90. The number of amides is 1. The number of hydrogen-bond donors (Lipinski definition) is 4. The Morgan fingerprint density at radius 3 is 2.83 bits per heavy atom. The summed E-state index contributed by atoms with van der Waals surface area (Å²) in [5.41, 5.74) is 3.31. The largest absolute Gasteiger partial charge is 0.364 e. The fourth-order valence-corrected chi connectivity index (χ4v) is 3.74. The average Bonchev–Trinajstić information content (AvgIpc) is 3.30. The highest BCUT2D eigenvalue weighted by molar-refractivity contribution is 6.30. The third-order valence-electron chi connectivity index (χ3n) is 5.30. The normalized spacial score (nSPS) is 14.1. The molecule has 0 atom stereocenters. The fourth-order valence-electron chi connectivity index (χ4n) is 3.55. The number of nitrogens with zero attached hydrogens (tertiary/aromatic N) is 3. The van der Waals surface area contributed by atoms with Crippen molar-refractivity contribution in [1.82, 2.24) is 25.4 Å². The van der Waals surface area contributed by atoms with Crippen molar-refractivity contribution in [1.29, 1.82) is 5.41 Å². The first kappa shape index (κ1) is 23.9. The number of pyridine rings is 1. The van der Waals surface area contributed by atoms with E-state index >= 15 is 0 Å². The van der Waals surface area contributed by atoms with Crippen molar-refractivity contribution in [3.8, 4) is 5.82 Å². The predicted molar refractivity (Wildman–Crippen MR) is 135 cm³/mol. The second kappa shape index (κ2) is 10.4. The molecule has 1 aromatic carbocycles. The van der Waals surface area contributed by atoms with E-state index in [-0.39, 0.29) is 23.0 Å². The molecule has 3 heterocycles. The Morgan fingerprint density at radius 1 is 1.29 bits per heavy atom. The van der Waals surface area contributed by atoms with Crippen LogP contribution in [0.1, 0.15) is 17.0 Å². The van der Waals surface area contributed by atoms with Crippen molar-refractivity contribution in [2.45, 2.75) is 13.5 Å². The zero-order valence-corrected chi connectivity index (χ0v) is 19.8. The molecule has 4 rings (SSSR count). The van der Waals surface area contributed by atoms with Gasteiger partial charge < -0.3 is 21.4 Å². The molecule has 0 unspecified atom stereocenters. The summed E-state index contributed by atoms with van der Waals surface area (Å²) in [5.74, 6) is 0.237. The van der Waals surface area contributed by atoms with Gasteiger partial charge in [0.2, 0.25) is 0 Å². The quantitative estimate of drug-likeness (QED) is 0.293. The zero-order chi connectivity index (χ0) is 24.9. The standard InChI is InChI=1S/C25H23ClFN7O/c1-15-5-3-8-23(32-15)34-21(16-9-10-30-20(11-16)18(13-28)25(35)29-2)12-22(33-34)31-14-17-6-4-7-19(26)24(17)27/h3-13,28,30H,14H2,1-2H3,(H,29,35)(H,31,33)/b20-18+,28-13?. The lowest BCUT2D eigenvalue weighted by Crippen LogP contribution is -2.25. The van der Waals surface area contributed by atoms with Crippen molar-refractivity contribution >= 4 is 35.1 Å². The SMILES string of the molecule is CNC(=O)/C(C=N)=C1\C=C(c2cc(NCc3cccc(Cl)c3F)nn2-c2cccc(C)n2)C=CN1. The van der Waals surface area contributed by atoms with E-state index in [0.29, 0.717) is 28.6 Å². The van der Waals surface area contributed by atoms with Crippen LogP contribution in [0.5, 0.6) is 0 Å². The second-order valence-corrected chi connectivity index (χ2v) is 8.07. The molecule has 0 fully saturated rings. The Morgan fingerprint density at radius 2 is 2.09 bits per heavy atom. The molecule has 0 aliphatic carbocycles. The molecule has 1 aliphatic heterocycles. The smallest absolute Gasteiger partial charge is 0.254 e. The second-order valence-electron chi connectivity index (χ2n) is 7.66. The first-order chi connectivity index (χ1) is 16.9. The summed E-state index contributed by atoms with van der Waals surface area (Å²) in [7, 11) is 1.51. The van der Waals surface area contributed by atoms with E-state index in [2.05, 4.69) is 26.0 Å². The minimum atomic E-state index is -0.478. The van der Waals surface area contributed by atoms with Crippen LogP contribution in [0, 0.1) is 18.2 Å². The topological polar surface area (TPSA) is 108 Å². The molecule has 0 saturated heterocycles. The molecular formula is C25H23ClFN7O. The number of nitrogens with one attached hydrogen (secondary N) is 4. The van der Waals surface area contributed by atoms with Gasteiger partial charge in [-0.1, -0.05) is 29.8 Å². The van der Waals surface area contributed by atoms with Crippen molar-refractivity contribution in [3.63, 3.8) is 0 Å². The molecule has 1 amide bonds. The van der Waals surface area contributed by atoms with Gasteiger partial charge in [0.25, 0.3) is 5.91 Å². The van der Waals surface area contributed by atoms with Crippen LogP contribution in [0.3, 0.4) is 0 Å². The minimum absolute atomic E-state index is 0.0573. The Kier molecular flexibility index (Phi) is 7.07. The van der Waals surface area contributed by atoms with Gasteiger partial charge in [0, 0.05) is 48.9 Å². The van der Waals surface area contributed by atoms with Gasteiger partial charge in [-0.3, -0.25) is 4.79 Å². The number of halogens is 2. The van der Waals surface area contributed by atoms with Gasteiger partial charge in [0.15, 0.2) is 5.82 Å². The molecule has 1 aliphatic rings. The highest BCUT2D eigenvalue weighted by Gasteiger charge is 2.18. The van der Waals surface area contributed by atoms with Crippen LogP contribution in [0.25, 0.3) is 11.4 Å². The van der Waals surface area contributed by atoms with Crippen LogP contribution < -0.4 is 16.0 Å². The maximum atomic E-state index is 14.3. The van der Waals surface area contributed by atoms with Gasteiger partial charge in [-0.2, -0.15) is 0 Å². The summed E-state index contributed by atoms with van der Waals surface area (Å²) < 4.78 is 16.0. The number of hydrogen-bond acceptors (Lipinski definition) is 6. The number of likely N-dealkylation sites (N-methyl/N-ethyl adjacent to an activating group) is 1. The van der Waals surface area contributed by atoms with Crippen LogP contribution in [0.2, 0.25) is 5.02 Å². The molecule has 35 heavy (non-hydrogen) atoms. The van der Waals surface area contributed by atoms with Crippen LogP contribution in [-0.4, -0.2) is 33.9 Å². The van der Waals surface area contributed by atoms with E-state index in [4.69, 9.17) is 17.0 Å². The maximum absolute atomic E-state index is 14.3. The number of aryl methyl sites for hydroxylation is 1. The number of allylic oxidation sites excluding steroid dienone is 3. The average molecular weight is 492 g/mol. The summed E-state index contributed by atoms with van der Waals surface area (Å²) in [6.45, 7) is 2.07. The van der Waals surface area contributed by atoms with Gasteiger partial charge in [-0.25, -0.2) is 14.1 Å². The number of rotatable bonds is 7. The van der Waals surface area contributed by atoms with E-state index in [1.807, 2.05) is 37.3 Å². The summed E-state index contributed by atoms with van der Waals surface area (Å²) in [4.78, 5) is 16.8. The van der Waals surface area contributed by atoms with Crippen molar-refractivity contribution in [3.05, 3.63) is 99.9 Å². The van der Waals surface area contributed by atoms with Crippen molar-refractivity contribution in [2.24, 2.45) is 0 Å². The molecule has 4 N–H and O–H groups in total. The molecule has 0 saturated carbocycles. The Hall–Kier alpha value is -4.24. The third kappa shape index (κ3) is 5.15. The molecule has 0 spiro atoms. The number of anilines is 1. The first-order valence-electron chi connectivity index (χ1n) is 10.7. The maximum Gasteiger partial charge on any atom is 0.254 e. The number of aromatic nitrogens is 3. The Bertz CT molecular complexity index is 1390. The fraction of sp³-hybridized carbons (Fsp3) is 0.120. The van der Waals surface area contributed by atoms with Crippen molar-refractivity contribution in [2.75, 3.05) is 12.4 Å². The van der Waals surface area contributed by atoms with Crippen LogP contribution in [0.4, 0.5) is 10.2 Å². The van der Waals surface area contributed by atoms with E-state index in [1.54, 1.807) is 29.1 Å². The first-order valence-corrected chi connectivity index (χ1v) is 11.1. The number of carbonyl (C=O) groups excluding carboxylic acids is 1. The van der Waals surface area contributed by atoms with Crippen LogP contribution in [-0.2, 0) is 11.3 Å². The number of dihydropyridines is 1. The van der Waals surface area contributed by atoms with Gasteiger partial charge in [-0.05, 0) is 37.3 Å². The minimum Gasteiger partial charge on any atom is -0.364 e. The van der Waals surface area contributed by atoms with Crippen molar-refractivity contribution < 1.29 is 9.18 Å². The lowest BCUT2D eigenvalue weighted by atomic mass is 10.1. The summed E-state index contributed by atoms with van der Waals surface area (Å²) in [6, 6.07) is 12.3. The van der Waals surface area contributed by atoms with E-state index < -0.39 is 5.82 Å². The summed E-state index contributed by atoms with van der Waals surface area (Å²) in [6.07, 6.45) is 6.28. The monoisotopic (exact) mass is 491 g/mol. The molecule has 10 heteroatoms. The highest BCUT2D eigenvalue weighted by Crippen LogP contribution is 2.27. The lowest BCUT2D eigenvalue weighted by Gasteiger charge is -2.15. The van der Waals surface area contributed by atoms with Gasteiger partial charge in [0.05, 0.1) is 22.0 Å². The Balaban J connectivity index is 1.76. The zero-order valence-electron chi connectivity index (χ0n) is 19.1. The highest BCUT2D eigenvalue weighted by atomic mass is 35.5. The molecule has 178 valence electrons. The number of benzene rings is 1. The molecule has 0 bridgehead atoms. The third-order valence-corrected chi connectivity index (χ3v) is 5.59. The molecule has 2 aromatic heterocycles. The van der Waals surface area contributed by atoms with Gasteiger partial charge in [-0.15, -0.1) is 5.10 Å². The van der Waals surface area contributed by atoms with Crippen LogP contribution >= 0.6 is 11.6 Å². The lowest BCUT2D eigenvalue weighted by molar-refractivity contribution is -0.116. The van der Waals surface area contributed by atoms with E-state index in [9.17, 15) is 9.18 Å². The number of carbonyl (C=O) groups is 1. The van der Waals surface area contributed by atoms with Gasteiger partial charge >= 0.3 is 0 Å². The van der Waals surface area contributed by atoms with E-state index in [0.717, 1.165) is 17.5 Å². The van der Waals surface area contributed by atoms with Crippen LogP contribution in [0.15, 0.2) is 72.1 Å². The molecule has 8 nitrogen and oxygen atoms in total. The summed E-state index contributed by atoms with van der Waals surface area (Å²) in [5, 5.41) is 21.1. The van der Waals surface area contributed by atoms with Gasteiger partial charge in [0.1, 0.15) is 11.6 Å². The molecule has 3 aromatic rings.